The molecule has 0 aliphatic carbocycles. The number of rotatable bonds is 9. The summed E-state index contributed by atoms with van der Waals surface area (Å²) in [5.41, 5.74) is 1.30. The summed E-state index contributed by atoms with van der Waals surface area (Å²) in [4.78, 5) is 36.5. The molecule has 0 unspecified atom stereocenters. The number of ether oxygens (including phenoxy) is 1. The van der Waals surface area contributed by atoms with Crippen LogP contribution >= 0.6 is 0 Å². The maximum Gasteiger partial charge on any atom is 0.329 e. The molecule has 2 aromatic carbocycles. The molecule has 2 rings (SSSR count). The molecule has 0 aromatic heterocycles. The van der Waals surface area contributed by atoms with Gasteiger partial charge in [-0.05, 0) is 17.7 Å². The Bertz CT molecular complexity index is 775. The number of esters is 1. The van der Waals surface area contributed by atoms with Crippen LogP contribution in [0.5, 0.6) is 0 Å². The lowest BCUT2D eigenvalue weighted by atomic mass is 10.1. The molecule has 1 atom stereocenters. The molecule has 0 aliphatic heterocycles. The van der Waals surface area contributed by atoms with Crippen molar-refractivity contribution in [1.82, 2.24) is 10.6 Å². The maximum absolute atomic E-state index is 12.5. The van der Waals surface area contributed by atoms with E-state index in [2.05, 4.69) is 17.2 Å². The third kappa shape index (κ3) is 6.78. The molecule has 0 saturated heterocycles. The van der Waals surface area contributed by atoms with Crippen molar-refractivity contribution in [1.29, 1.82) is 0 Å². The van der Waals surface area contributed by atoms with E-state index in [1.165, 1.54) is 6.08 Å². The third-order valence-electron chi connectivity index (χ3n) is 3.70. The fourth-order valence-corrected chi connectivity index (χ4v) is 2.35. The van der Waals surface area contributed by atoms with E-state index in [0.29, 0.717) is 5.56 Å². The van der Waals surface area contributed by atoms with E-state index in [9.17, 15) is 14.4 Å². The molecule has 140 valence electrons. The van der Waals surface area contributed by atoms with E-state index in [-0.39, 0.29) is 18.9 Å². The number of nitrogens with one attached hydrogen (secondary N) is 2. The highest BCUT2D eigenvalue weighted by molar-refractivity contribution is 5.97. The average molecular weight is 366 g/mol. The van der Waals surface area contributed by atoms with E-state index in [4.69, 9.17) is 4.74 Å². The molecular formula is C21H22N2O4. The predicted octanol–water partition coefficient (Wildman–Crippen LogP) is 1.87. The van der Waals surface area contributed by atoms with Crippen LogP contribution in [0.25, 0.3) is 0 Å². The van der Waals surface area contributed by atoms with E-state index in [1.54, 1.807) is 30.3 Å². The van der Waals surface area contributed by atoms with Crippen molar-refractivity contribution in [3.05, 3.63) is 84.4 Å². The number of carbonyl (C=O) groups is 3. The molecule has 6 nitrogen and oxygen atoms in total. The molecule has 2 amide bonds. The Balaban J connectivity index is 2.04. The Morgan fingerprint density at radius 2 is 1.63 bits per heavy atom. The van der Waals surface area contributed by atoms with E-state index in [0.717, 1.165) is 5.56 Å². The molecule has 0 bridgehead atoms. The van der Waals surface area contributed by atoms with Crippen LogP contribution in [0.2, 0.25) is 0 Å². The van der Waals surface area contributed by atoms with Crippen LogP contribution in [0, 0.1) is 0 Å². The van der Waals surface area contributed by atoms with Crippen molar-refractivity contribution in [2.75, 3.05) is 13.2 Å². The fourth-order valence-electron chi connectivity index (χ4n) is 2.35. The van der Waals surface area contributed by atoms with Gasteiger partial charge in [-0.1, -0.05) is 54.6 Å². The lowest BCUT2D eigenvalue weighted by Crippen LogP contribution is -2.44. The summed E-state index contributed by atoms with van der Waals surface area (Å²) in [6.07, 6.45) is 1.78. The number of hydrogen-bond acceptors (Lipinski definition) is 4. The van der Waals surface area contributed by atoms with Crippen LogP contribution in [-0.4, -0.2) is 37.0 Å². The summed E-state index contributed by atoms with van der Waals surface area (Å²) in [6, 6.07) is 16.9. The maximum atomic E-state index is 12.5. The zero-order valence-electron chi connectivity index (χ0n) is 14.9. The van der Waals surface area contributed by atoms with Crippen LogP contribution in [0.15, 0.2) is 73.3 Å². The summed E-state index contributed by atoms with van der Waals surface area (Å²) in [6.45, 7) is 3.36. The van der Waals surface area contributed by atoms with Gasteiger partial charge in [0.25, 0.3) is 11.8 Å². The minimum atomic E-state index is -0.910. The third-order valence-corrected chi connectivity index (χ3v) is 3.70. The molecule has 0 fully saturated rings. The molecule has 0 aliphatic rings. The fraction of sp³-hybridized carbons (Fsp3) is 0.190. The predicted molar refractivity (Wildman–Crippen MR) is 102 cm³/mol. The molecule has 0 heterocycles. The van der Waals surface area contributed by atoms with Crippen molar-refractivity contribution in [3.63, 3.8) is 0 Å². The smallest absolute Gasteiger partial charge is 0.329 e. The largest absolute Gasteiger partial charge is 0.454 e. The van der Waals surface area contributed by atoms with E-state index < -0.39 is 24.5 Å². The van der Waals surface area contributed by atoms with Crippen molar-refractivity contribution in [2.45, 2.75) is 12.5 Å². The molecule has 27 heavy (non-hydrogen) atoms. The van der Waals surface area contributed by atoms with Crippen LogP contribution in [0.3, 0.4) is 0 Å². The molecular weight excluding hydrogens is 344 g/mol. The van der Waals surface area contributed by atoms with Gasteiger partial charge < -0.3 is 15.4 Å². The van der Waals surface area contributed by atoms with Crippen LogP contribution < -0.4 is 10.6 Å². The number of carbonyl (C=O) groups excluding carboxylic acids is 3. The Hall–Kier alpha value is -3.41. The van der Waals surface area contributed by atoms with Crippen molar-refractivity contribution in [3.8, 4) is 0 Å². The monoisotopic (exact) mass is 366 g/mol. The number of amides is 2. The quantitative estimate of drug-likeness (QED) is 0.524. The SMILES string of the molecule is C=CCNC(=O)COC(=O)[C@H](Cc1ccccc1)NC(=O)c1ccccc1. The van der Waals surface area contributed by atoms with Crippen LogP contribution in [0.1, 0.15) is 15.9 Å². The standard InChI is InChI=1S/C21H22N2O4/c1-2-13-22-19(24)15-27-21(26)18(14-16-9-5-3-6-10-16)23-20(25)17-11-7-4-8-12-17/h2-12,18H,1,13-15H2,(H,22,24)(H,23,25)/t18-/m0/s1. The first-order valence-corrected chi connectivity index (χ1v) is 8.54. The highest BCUT2D eigenvalue weighted by atomic mass is 16.5. The molecule has 2 aromatic rings. The Labute approximate surface area is 158 Å². The summed E-state index contributed by atoms with van der Waals surface area (Å²) in [7, 11) is 0. The van der Waals surface area contributed by atoms with Crippen LogP contribution in [0.4, 0.5) is 0 Å². The second-order valence-corrected chi connectivity index (χ2v) is 5.78. The van der Waals surface area contributed by atoms with Crippen LogP contribution in [-0.2, 0) is 20.7 Å². The van der Waals surface area contributed by atoms with Gasteiger partial charge in [0, 0.05) is 18.5 Å². The summed E-state index contributed by atoms with van der Waals surface area (Å²) in [5.74, 6) is -1.49. The molecule has 6 heteroatoms. The lowest BCUT2D eigenvalue weighted by molar-refractivity contribution is -0.150. The van der Waals surface area contributed by atoms with Gasteiger partial charge in [-0.25, -0.2) is 4.79 Å². The average Bonchev–Trinajstić information content (AvgIpc) is 2.71. The topological polar surface area (TPSA) is 84.5 Å². The molecule has 0 radical (unpaired) electrons. The number of hydrogen-bond donors (Lipinski definition) is 2. The van der Waals surface area contributed by atoms with Crippen molar-refractivity contribution < 1.29 is 19.1 Å². The van der Waals surface area contributed by atoms with Gasteiger partial charge in [0.05, 0.1) is 0 Å². The molecule has 2 N–H and O–H groups in total. The normalized spacial score (nSPS) is 11.1. The zero-order chi connectivity index (χ0) is 19.5. The van der Waals surface area contributed by atoms with Gasteiger partial charge in [-0.3, -0.25) is 9.59 Å². The summed E-state index contributed by atoms with van der Waals surface area (Å²) < 4.78 is 5.07. The van der Waals surface area contributed by atoms with Gasteiger partial charge in [-0.15, -0.1) is 6.58 Å². The highest BCUT2D eigenvalue weighted by Crippen LogP contribution is 2.07. The van der Waals surface area contributed by atoms with Gasteiger partial charge in [-0.2, -0.15) is 0 Å². The first-order valence-electron chi connectivity index (χ1n) is 8.54. The minimum Gasteiger partial charge on any atom is -0.454 e. The Morgan fingerprint density at radius 1 is 1.00 bits per heavy atom. The summed E-state index contributed by atoms with van der Waals surface area (Å²) >= 11 is 0. The first-order chi connectivity index (χ1) is 13.1. The second-order valence-electron chi connectivity index (χ2n) is 5.78. The van der Waals surface area contributed by atoms with Gasteiger partial charge in [0.15, 0.2) is 6.61 Å². The van der Waals surface area contributed by atoms with Crippen molar-refractivity contribution in [2.24, 2.45) is 0 Å². The number of benzene rings is 2. The molecule has 0 spiro atoms. The summed E-state index contributed by atoms with van der Waals surface area (Å²) in [5, 5.41) is 5.21. The Kier molecular flexibility index (Phi) is 7.78. The van der Waals surface area contributed by atoms with E-state index in [1.807, 2.05) is 30.3 Å². The second kappa shape index (κ2) is 10.6. The van der Waals surface area contributed by atoms with Gasteiger partial charge in [0.1, 0.15) is 6.04 Å². The highest BCUT2D eigenvalue weighted by Gasteiger charge is 2.24. The lowest BCUT2D eigenvalue weighted by Gasteiger charge is -2.18. The zero-order valence-corrected chi connectivity index (χ0v) is 14.9. The molecule has 0 saturated carbocycles. The van der Waals surface area contributed by atoms with E-state index >= 15 is 0 Å². The Morgan fingerprint density at radius 3 is 2.26 bits per heavy atom. The first kappa shape index (κ1) is 19.9. The minimum absolute atomic E-state index is 0.256. The van der Waals surface area contributed by atoms with Crippen molar-refractivity contribution >= 4 is 17.8 Å². The van der Waals surface area contributed by atoms with Gasteiger partial charge >= 0.3 is 5.97 Å². The van der Waals surface area contributed by atoms with Gasteiger partial charge in [0.2, 0.25) is 0 Å².